The van der Waals surface area contributed by atoms with Crippen LogP contribution in [0, 0.1) is 0 Å². The van der Waals surface area contributed by atoms with Crippen molar-refractivity contribution >= 4 is 0 Å². The Kier molecular flexibility index (Phi) is 4.33. The van der Waals surface area contributed by atoms with Crippen LogP contribution in [0.2, 0.25) is 0 Å². The van der Waals surface area contributed by atoms with Crippen molar-refractivity contribution in [3.05, 3.63) is 47.8 Å². The molecule has 0 radical (unpaired) electrons. The molecule has 1 aromatic carbocycles. The highest BCUT2D eigenvalue weighted by Crippen LogP contribution is 2.32. The van der Waals surface area contributed by atoms with Gasteiger partial charge in [-0.05, 0) is 29.3 Å². The van der Waals surface area contributed by atoms with Gasteiger partial charge in [-0.3, -0.25) is 4.98 Å². The Morgan fingerprint density at radius 1 is 1.16 bits per heavy atom. The van der Waals surface area contributed by atoms with E-state index in [1.165, 1.54) is 0 Å². The molecule has 0 fully saturated rings. The first-order valence-electron chi connectivity index (χ1n) is 5.86. The zero-order valence-electron chi connectivity index (χ0n) is 10.7. The number of nitrogens with two attached hydrogens (primary N) is 1. The van der Waals surface area contributed by atoms with Gasteiger partial charge in [0.1, 0.15) is 5.75 Å². The molecule has 0 aliphatic rings. The molecule has 0 bridgehead atoms. The maximum Gasteiger partial charge on any atom is 0.169 e. The number of pyridine rings is 1. The number of aliphatic hydroxyl groups excluding tert-OH is 1. The molecule has 0 atom stereocenters. The second-order valence-electron chi connectivity index (χ2n) is 3.98. The summed E-state index contributed by atoms with van der Waals surface area (Å²) in [7, 11) is 1.55. The third-order valence-corrected chi connectivity index (χ3v) is 2.64. The van der Waals surface area contributed by atoms with Gasteiger partial charge in [-0.2, -0.15) is 0 Å². The number of rotatable bonds is 5. The van der Waals surface area contributed by atoms with Gasteiger partial charge in [0.25, 0.3) is 0 Å². The van der Waals surface area contributed by atoms with Crippen LogP contribution in [0.3, 0.4) is 0 Å². The number of benzene rings is 1. The Morgan fingerprint density at radius 2 is 2.00 bits per heavy atom. The van der Waals surface area contributed by atoms with E-state index in [1.807, 2.05) is 6.07 Å². The normalized spacial score (nSPS) is 10.3. The van der Waals surface area contributed by atoms with E-state index in [0.717, 1.165) is 11.1 Å². The second kappa shape index (κ2) is 6.17. The average molecular weight is 260 g/mol. The van der Waals surface area contributed by atoms with Gasteiger partial charge in [0.05, 0.1) is 19.9 Å². The number of ether oxygens (including phenoxy) is 2. The summed E-state index contributed by atoms with van der Waals surface area (Å²) < 4.78 is 11.0. The summed E-state index contributed by atoms with van der Waals surface area (Å²) in [6.07, 6.45) is 3.30. The Hall–Kier alpha value is -2.11. The molecule has 0 saturated carbocycles. The lowest BCUT2D eigenvalue weighted by molar-refractivity contribution is 0.280. The van der Waals surface area contributed by atoms with Crippen LogP contribution in [0.15, 0.2) is 36.7 Å². The van der Waals surface area contributed by atoms with Crippen LogP contribution < -0.4 is 15.2 Å². The summed E-state index contributed by atoms with van der Waals surface area (Å²) in [5.41, 5.74) is 7.21. The van der Waals surface area contributed by atoms with Crippen molar-refractivity contribution in [3.63, 3.8) is 0 Å². The van der Waals surface area contributed by atoms with E-state index in [2.05, 4.69) is 4.98 Å². The van der Waals surface area contributed by atoms with Crippen molar-refractivity contribution in [1.82, 2.24) is 4.98 Å². The predicted octanol–water partition coefficient (Wildman–Crippen LogP) is 1.83. The molecular weight excluding hydrogens is 244 g/mol. The van der Waals surface area contributed by atoms with Crippen molar-refractivity contribution < 1.29 is 14.6 Å². The SMILES string of the molecule is COc1cc(CO)ccc1Oc1cncc(CN)c1. The summed E-state index contributed by atoms with van der Waals surface area (Å²) in [6, 6.07) is 7.08. The minimum atomic E-state index is -0.0408. The summed E-state index contributed by atoms with van der Waals surface area (Å²) >= 11 is 0. The molecule has 0 amide bonds. The third-order valence-electron chi connectivity index (χ3n) is 2.64. The Morgan fingerprint density at radius 3 is 2.68 bits per heavy atom. The van der Waals surface area contributed by atoms with Gasteiger partial charge in [0.15, 0.2) is 11.5 Å². The fourth-order valence-electron chi connectivity index (χ4n) is 1.65. The molecule has 100 valence electrons. The Bertz CT molecular complexity index is 558. The van der Waals surface area contributed by atoms with Gasteiger partial charge in [-0.15, -0.1) is 0 Å². The molecule has 1 aromatic heterocycles. The molecule has 1 heterocycles. The van der Waals surface area contributed by atoms with E-state index < -0.39 is 0 Å². The largest absolute Gasteiger partial charge is 0.493 e. The monoisotopic (exact) mass is 260 g/mol. The third kappa shape index (κ3) is 3.21. The molecule has 2 aromatic rings. The zero-order valence-corrected chi connectivity index (χ0v) is 10.7. The zero-order chi connectivity index (χ0) is 13.7. The lowest BCUT2D eigenvalue weighted by Gasteiger charge is -2.11. The van der Waals surface area contributed by atoms with Crippen LogP contribution in [0.25, 0.3) is 0 Å². The van der Waals surface area contributed by atoms with Crippen molar-refractivity contribution in [3.8, 4) is 17.2 Å². The highest BCUT2D eigenvalue weighted by atomic mass is 16.5. The highest BCUT2D eigenvalue weighted by molar-refractivity contribution is 5.45. The Balaban J connectivity index is 2.26. The summed E-state index contributed by atoms with van der Waals surface area (Å²) in [5.74, 6) is 1.72. The highest BCUT2D eigenvalue weighted by Gasteiger charge is 2.07. The fraction of sp³-hybridized carbons (Fsp3) is 0.214. The van der Waals surface area contributed by atoms with Crippen molar-refractivity contribution in [2.45, 2.75) is 13.2 Å². The van der Waals surface area contributed by atoms with Crippen LogP contribution in [0.5, 0.6) is 17.2 Å². The molecule has 0 aliphatic heterocycles. The van der Waals surface area contributed by atoms with Crippen LogP contribution >= 0.6 is 0 Å². The molecule has 0 spiro atoms. The van der Waals surface area contributed by atoms with Gasteiger partial charge >= 0.3 is 0 Å². The van der Waals surface area contributed by atoms with Crippen LogP contribution in [0.4, 0.5) is 0 Å². The molecule has 0 saturated heterocycles. The van der Waals surface area contributed by atoms with E-state index >= 15 is 0 Å². The molecule has 19 heavy (non-hydrogen) atoms. The van der Waals surface area contributed by atoms with E-state index in [0.29, 0.717) is 23.8 Å². The van der Waals surface area contributed by atoms with E-state index in [9.17, 15) is 0 Å². The predicted molar refractivity (Wildman–Crippen MR) is 71.1 cm³/mol. The average Bonchev–Trinajstić information content (AvgIpc) is 2.48. The quantitative estimate of drug-likeness (QED) is 0.857. The summed E-state index contributed by atoms with van der Waals surface area (Å²) in [4.78, 5) is 4.06. The maximum atomic E-state index is 9.09. The first-order valence-corrected chi connectivity index (χ1v) is 5.86. The number of hydrogen-bond acceptors (Lipinski definition) is 5. The van der Waals surface area contributed by atoms with Crippen molar-refractivity contribution in [2.75, 3.05) is 7.11 Å². The van der Waals surface area contributed by atoms with Crippen LogP contribution in [-0.4, -0.2) is 17.2 Å². The number of methoxy groups -OCH3 is 1. The fourth-order valence-corrected chi connectivity index (χ4v) is 1.65. The van der Waals surface area contributed by atoms with Gasteiger partial charge in [0.2, 0.25) is 0 Å². The molecule has 5 nitrogen and oxygen atoms in total. The van der Waals surface area contributed by atoms with E-state index in [-0.39, 0.29) is 6.61 Å². The van der Waals surface area contributed by atoms with Gasteiger partial charge in [-0.25, -0.2) is 0 Å². The standard InChI is InChI=1S/C14H16N2O3/c1-18-14-5-10(9-17)2-3-13(14)19-12-4-11(6-15)7-16-8-12/h2-5,7-8,17H,6,9,15H2,1H3. The van der Waals surface area contributed by atoms with Gasteiger partial charge in [0, 0.05) is 12.7 Å². The first kappa shape index (κ1) is 13.3. The Labute approximate surface area is 111 Å². The molecule has 0 unspecified atom stereocenters. The number of aromatic nitrogens is 1. The van der Waals surface area contributed by atoms with Crippen molar-refractivity contribution in [2.24, 2.45) is 5.73 Å². The maximum absolute atomic E-state index is 9.09. The molecule has 2 rings (SSSR count). The van der Waals surface area contributed by atoms with Crippen LogP contribution in [-0.2, 0) is 13.2 Å². The smallest absolute Gasteiger partial charge is 0.169 e. The first-order chi connectivity index (χ1) is 9.26. The number of aliphatic hydroxyl groups is 1. The molecular formula is C14H16N2O3. The number of hydrogen-bond donors (Lipinski definition) is 2. The molecule has 3 N–H and O–H groups in total. The van der Waals surface area contributed by atoms with E-state index in [1.54, 1.807) is 37.7 Å². The van der Waals surface area contributed by atoms with Crippen molar-refractivity contribution in [1.29, 1.82) is 0 Å². The number of nitrogens with zero attached hydrogens (tertiary/aromatic N) is 1. The minimum Gasteiger partial charge on any atom is -0.493 e. The second-order valence-corrected chi connectivity index (χ2v) is 3.98. The van der Waals surface area contributed by atoms with Crippen LogP contribution in [0.1, 0.15) is 11.1 Å². The lowest BCUT2D eigenvalue weighted by atomic mass is 10.2. The lowest BCUT2D eigenvalue weighted by Crippen LogP contribution is -1.98. The van der Waals surface area contributed by atoms with Gasteiger partial charge < -0.3 is 20.3 Å². The van der Waals surface area contributed by atoms with E-state index in [4.69, 9.17) is 20.3 Å². The topological polar surface area (TPSA) is 77.6 Å². The summed E-state index contributed by atoms with van der Waals surface area (Å²) in [5, 5.41) is 9.09. The minimum absolute atomic E-state index is 0.0408. The summed E-state index contributed by atoms with van der Waals surface area (Å²) in [6.45, 7) is 0.367. The molecule has 5 heteroatoms. The molecule has 0 aliphatic carbocycles. The van der Waals surface area contributed by atoms with Gasteiger partial charge in [-0.1, -0.05) is 6.07 Å².